The van der Waals surface area contributed by atoms with Crippen molar-refractivity contribution < 1.29 is 63.9 Å². The Morgan fingerprint density at radius 1 is 1.00 bits per heavy atom. The highest BCUT2D eigenvalue weighted by atomic mass is 32.2. The molecule has 35 heavy (non-hydrogen) atoms. The minimum absolute atomic E-state index is 0.421. The molecule has 0 aliphatic rings. The largest absolute Gasteiger partial charge is 0.481 e. The summed E-state index contributed by atoms with van der Waals surface area (Å²) < 4.78 is 12.6. The summed E-state index contributed by atoms with van der Waals surface area (Å²) in [6.07, 6.45) is -1.04. The number of carbonyl (C=O) groups is 5. The van der Waals surface area contributed by atoms with E-state index in [4.69, 9.17) is 35.3 Å². The third-order valence-corrected chi connectivity index (χ3v) is 8.34. The van der Waals surface area contributed by atoms with Crippen LogP contribution in [0.15, 0.2) is 28.6 Å². The van der Waals surface area contributed by atoms with Gasteiger partial charge in [0, 0.05) is 0 Å². The van der Waals surface area contributed by atoms with Crippen LogP contribution in [0.3, 0.4) is 0 Å². The SMILES string of the molecule is CCC(C(C(=O)O)(C(=O)O)C(=O)O)P(=O)(O)O.O=C(O)CC(Sc1nc2ccccc2s1)C(=O)O. The van der Waals surface area contributed by atoms with E-state index in [0.717, 1.165) is 28.9 Å². The molecule has 0 bridgehead atoms. The summed E-state index contributed by atoms with van der Waals surface area (Å²) in [5, 5.41) is 42.8. The Labute approximate surface area is 204 Å². The maximum Gasteiger partial charge on any atom is 0.333 e. The molecular weight excluding hydrogens is 533 g/mol. The molecule has 2 atom stereocenters. The Morgan fingerprint density at radius 3 is 1.86 bits per heavy atom. The Morgan fingerprint density at radius 2 is 1.51 bits per heavy atom. The minimum atomic E-state index is -5.20. The number of aromatic nitrogens is 1. The first-order valence-electron chi connectivity index (χ1n) is 9.31. The van der Waals surface area contributed by atoms with Crippen molar-refractivity contribution in [2.75, 3.05) is 0 Å². The summed E-state index contributed by atoms with van der Waals surface area (Å²) >= 11 is 2.34. The number of carboxylic acids is 5. The lowest BCUT2D eigenvalue weighted by atomic mass is 9.83. The molecule has 0 saturated heterocycles. The number of rotatable bonds is 11. The van der Waals surface area contributed by atoms with Crippen LogP contribution in [0.25, 0.3) is 10.2 Å². The number of fused-ring (bicyclic) bond motifs is 1. The third-order valence-electron chi connectivity index (χ3n) is 4.46. The maximum atomic E-state index is 11.0. The van der Waals surface area contributed by atoms with Gasteiger partial charge in [-0.05, 0) is 18.6 Å². The molecule has 0 aliphatic heterocycles. The van der Waals surface area contributed by atoms with Crippen molar-refractivity contribution in [1.82, 2.24) is 4.98 Å². The number of aliphatic carboxylic acids is 5. The van der Waals surface area contributed by atoms with E-state index in [-0.39, 0.29) is 0 Å². The summed E-state index contributed by atoms with van der Waals surface area (Å²) in [6, 6.07) is 7.45. The Kier molecular flexibility index (Phi) is 10.4. The Bertz CT molecular complexity index is 1110. The molecule has 1 aromatic carbocycles. The van der Waals surface area contributed by atoms with Gasteiger partial charge in [-0.3, -0.25) is 28.5 Å². The molecule has 1 heterocycles. The predicted molar refractivity (Wildman–Crippen MR) is 121 cm³/mol. The number of carboxylic acid groups (broad SMARTS) is 5. The van der Waals surface area contributed by atoms with E-state index in [2.05, 4.69) is 4.98 Å². The zero-order chi connectivity index (χ0) is 27.1. The first-order chi connectivity index (χ1) is 16.1. The number of benzene rings is 1. The molecule has 0 radical (unpaired) electrons. The number of para-hydroxylation sites is 1. The van der Waals surface area contributed by atoms with E-state index >= 15 is 0 Å². The molecule has 2 rings (SSSR count). The van der Waals surface area contributed by atoms with Gasteiger partial charge < -0.3 is 35.3 Å². The van der Waals surface area contributed by atoms with E-state index < -0.39 is 66.6 Å². The number of nitrogens with zero attached hydrogens (tertiary/aromatic N) is 1. The second-order valence-corrected chi connectivity index (χ2v) is 11.0. The molecule has 14 nitrogen and oxygen atoms in total. The Balaban J connectivity index is 0.000000351. The smallest absolute Gasteiger partial charge is 0.333 e. The normalized spacial score (nSPS) is 13.2. The highest BCUT2D eigenvalue weighted by Crippen LogP contribution is 2.52. The van der Waals surface area contributed by atoms with Crippen molar-refractivity contribution in [3.05, 3.63) is 24.3 Å². The van der Waals surface area contributed by atoms with E-state index in [1.54, 1.807) is 0 Å². The number of hydrogen-bond donors (Lipinski definition) is 7. The first-order valence-corrected chi connectivity index (χ1v) is 12.7. The van der Waals surface area contributed by atoms with E-state index in [9.17, 15) is 28.5 Å². The lowest BCUT2D eigenvalue weighted by Gasteiger charge is -2.29. The monoisotopic (exact) mass is 553 g/mol. The van der Waals surface area contributed by atoms with Crippen LogP contribution in [0.4, 0.5) is 0 Å². The van der Waals surface area contributed by atoms with Crippen LogP contribution < -0.4 is 0 Å². The predicted octanol–water partition coefficient (Wildman–Crippen LogP) is 1.50. The third kappa shape index (κ3) is 7.22. The highest BCUT2D eigenvalue weighted by molar-refractivity contribution is 8.02. The lowest BCUT2D eigenvalue weighted by Crippen LogP contribution is -2.54. The van der Waals surface area contributed by atoms with Crippen molar-refractivity contribution >= 4 is 70.8 Å². The topological polar surface area (TPSA) is 257 Å². The van der Waals surface area contributed by atoms with Crippen molar-refractivity contribution in [2.24, 2.45) is 5.41 Å². The fraction of sp³-hybridized carbons (Fsp3) is 0.333. The fourth-order valence-corrected chi connectivity index (χ4v) is 6.40. The van der Waals surface area contributed by atoms with Gasteiger partial charge in [0.15, 0.2) is 4.34 Å². The van der Waals surface area contributed by atoms with Gasteiger partial charge in [0.1, 0.15) is 5.25 Å². The van der Waals surface area contributed by atoms with Gasteiger partial charge in [0.25, 0.3) is 5.41 Å². The maximum absolute atomic E-state index is 11.0. The van der Waals surface area contributed by atoms with Crippen molar-refractivity contribution in [3.8, 4) is 0 Å². The zero-order valence-corrected chi connectivity index (χ0v) is 20.2. The van der Waals surface area contributed by atoms with Crippen molar-refractivity contribution in [2.45, 2.75) is 35.0 Å². The van der Waals surface area contributed by atoms with Gasteiger partial charge in [0.05, 0.1) is 22.3 Å². The standard InChI is InChI=1S/C11H9NO4S2.C7H11O9P/c13-9(14)5-8(10(15)16)18-11-12-6-3-1-2-4-7(6)17-11;1-2-3(17(14,15)16)7(4(8)9,5(10)11)6(12)13/h1-4,8H,5H2,(H,13,14)(H,15,16);3H,2H2,1H3,(H,8,9)(H,10,11)(H,12,13)(H2,14,15,16). The second-order valence-electron chi connectivity index (χ2n) is 6.73. The number of hydrogen-bond acceptors (Lipinski definition) is 9. The van der Waals surface area contributed by atoms with Gasteiger partial charge >= 0.3 is 37.4 Å². The van der Waals surface area contributed by atoms with Gasteiger partial charge in [-0.1, -0.05) is 30.8 Å². The molecule has 2 aromatic rings. The fourth-order valence-electron chi connectivity index (χ4n) is 2.86. The van der Waals surface area contributed by atoms with Gasteiger partial charge in [0.2, 0.25) is 0 Å². The Hall–Kier alpha value is -3.04. The van der Waals surface area contributed by atoms with Gasteiger partial charge in [-0.15, -0.1) is 11.3 Å². The summed E-state index contributed by atoms with van der Waals surface area (Å²) in [4.78, 5) is 76.1. The summed E-state index contributed by atoms with van der Waals surface area (Å²) in [6.45, 7) is 1.09. The van der Waals surface area contributed by atoms with Crippen molar-refractivity contribution in [1.29, 1.82) is 0 Å². The van der Waals surface area contributed by atoms with Crippen LogP contribution >= 0.6 is 30.7 Å². The van der Waals surface area contributed by atoms with Crippen LogP contribution in [0.2, 0.25) is 0 Å². The quantitative estimate of drug-likeness (QED) is 0.118. The van der Waals surface area contributed by atoms with Crippen LogP contribution in [0.5, 0.6) is 0 Å². The molecular formula is C18H20NO13PS2. The van der Waals surface area contributed by atoms with Gasteiger partial charge in [-0.2, -0.15) is 0 Å². The van der Waals surface area contributed by atoms with Crippen LogP contribution in [0, 0.1) is 5.41 Å². The molecule has 2 unspecified atom stereocenters. The van der Waals surface area contributed by atoms with Crippen LogP contribution in [0.1, 0.15) is 19.8 Å². The van der Waals surface area contributed by atoms with Crippen LogP contribution in [-0.2, 0) is 28.5 Å². The summed E-state index contributed by atoms with van der Waals surface area (Å²) in [7, 11) is -5.20. The lowest BCUT2D eigenvalue weighted by molar-refractivity contribution is -0.176. The van der Waals surface area contributed by atoms with Crippen LogP contribution in [-0.4, -0.2) is 81.1 Å². The minimum Gasteiger partial charge on any atom is -0.481 e. The second kappa shape index (κ2) is 12.1. The molecule has 7 N–H and O–H groups in total. The molecule has 0 aliphatic carbocycles. The molecule has 0 amide bonds. The number of thioether (sulfide) groups is 1. The van der Waals surface area contributed by atoms with E-state index in [1.165, 1.54) is 11.3 Å². The highest BCUT2D eigenvalue weighted by Gasteiger charge is 2.64. The van der Waals surface area contributed by atoms with E-state index in [1.807, 2.05) is 24.3 Å². The zero-order valence-electron chi connectivity index (χ0n) is 17.7. The van der Waals surface area contributed by atoms with Gasteiger partial charge in [-0.25, -0.2) is 4.98 Å². The summed E-state index contributed by atoms with van der Waals surface area (Å²) in [5.41, 5.74) is -5.11. The summed E-state index contributed by atoms with van der Waals surface area (Å²) in [5.74, 6) is -9.24. The molecule has 1 aromatic heterocycles. The van der Waals surface area contributed by atoms with Crippen molar-refractivity contribution in [3.63, 3.8) is 0 Å². The number of thiazole rings is 1. The molecule has 192 valence electrons. The molecule has 0 fully saturated rings. The average molecular weight is 553 g/mol. The average Bonchev–Trinajstić information content (AvgIpc) is 3.12. The molecule has 0 spiro atoms. The molecule has 0 saturated carbocycles. The first kappa shape index (κ1) is 30.0. The van der Waals surface area contributed by atoms with E-state index in [0.29, 0.717) is 4.34 Å². The molecule has 17 heteroatoms.